The van der Waals surface area contributed by atoms with Crippen LogP contribution >= 0.6 is 0 Å². The van der Waals surface area contributed by atoms with Crippen molar-refractivity contribution in [3.05, 3.63) is 29.8 Å². The highest BCUT2D eigenvalue weighted by Crippen LogP contribution is 2.15. The van der Waals surface area contributed by atoms with E-state index in [9.17, 15) is 4.79 Å². The van der Waals surface area contributed by atoms with Gasteiger partial charge in [0.25, 0.3) is 0 Å². The third-order valence-corrected chi connectivity index (χ3v) is 4.14. The molecule has 0 radical (unpaired) electrons. The first-order valence-corrected chi connectivity index (χ1v) is 8.25. The number of amides is 1. The van der Waals surface area contributed by atoms with Gasteiger partial charge in [0.15, 0.2) is 0 Å². The molecule has 0 aliphatic carbocycles. The summed E-state index contributed by atoms with van der Waals surface area (Å²) in [7, 11) is 0. The molecule has 1 saturated heterocycles. The third kappa shape index (κ3) is 6.29. The number of ether oxygens (including phenoxy) is 1. The van der Waals surface area contributed by atoms with Gasteiger partial charge in [-0.3, -0.25) is 9.69 Å². The van der Waals surface area contributed by atoms with E-state index in [2.05, 4.69) is 23.2 Å². The fourth-order valence-electron chi connectivity index (χ4n) is 2.63. The van der Waals surface area contributed by atoms with E-state index < -0.39 is 0 Å². The summed E-state index contributed by atoms with van der Waals surface area (Å²) in [6.07, 6.45) is 2.77. The van der Waals surface area contributed by atoms with Gasteiger partial charge in [-0.15, -0.1) is 0 Å². The lowest BCUT2D eigenvalue weighted by Gasteiger charge is -2.29. The van der Waals surface area contributed by atoms with Crippen LogP contribution in [0.3, 0.4) is 0 Å². The van der Waals surface area contributed by atoms with Gasteiger partial charge in [0.1, 0.15) is 12.4 Å². The van der Waals surface area contributed by atoms with E-state index in [1.54, 1.807) is 0 Å². The molecule has 2 rings (SSSR count). The van der Waals surface area contributed by atoms with E-state index >= 15 is 0 Å². The quantitative estimate of drug-likeness (QED) is 0.781. The van der Waals surface area contributed by atoms with E-state index in [0.717, 1.165) is 30.3 Å². The molecule has 5 nitrogen and oxygen atoms in total. The number of nitrogens with zero attached hydrogens (tertiary/aromatic N) is 2. The van der Waals surface area contributed by atoms with Crippen LogP contribution in [0, 0.1) is 17.2 Å². The standard InChI is InChI=1S/C18H25N3O2/c1-15-7-11-21(12-8-15)14-18(22)20-10-13-23-17-4-2-16(3-5-17)6-9-19/h2-5,15H,6-8,10-14H2,1H3,(H,20,22). The van der Waals surface area contributed by atoms with Gasteiger partial charge in [0.2, 0.25) is 5.91 Å². The van der Waals surface area contributed by atoms with Gasteiger partial charge in [-0.2, -0.15) is 5.26 Å². The number of carbonyl (C=O) groups is 1. The topological polar surface area (TPSA) is 65.4 Å². The molecule has 124 valence electrons. The molecule has 1 heterocycles. The lowest BCUT2D eigenvalue weighted by Crippen LogP contribution is -2.42. The van der Waals surface area contributed by atoms with E-state index in [0.29, 0.717) is 26.1 Å². The summed E-state index contributed by atoms with van der Waals surface area (Å²) in [5, 5.41) is 11.5. The van der Waals surface area contributed by atoms with Crippen molar-refractivity contribution in [1.82, 2.24) is 10.2 Å². The Morgan fingerprint density at radius 2 is 2.04 bits per heavy atom. The van der Waals surface area contributed by atoms with Crippen LogP contribution < -0.4 is 10.1 Å². The van der Waals surface area contributed by atoms with Crippen molar-refractivity contribution >= 4 is 5.91 Å². The van der Waals surface area contributed by atoms with Gasteiger partial charge in [0.05, 0.1) is 25.6 Å². The maximum Gasteiger partial charge on any atom is 0.234 e. The predicted molar refractivity (Wildman–Crippen MR) is 89.1 cm³/mol. The number of piperidine rings is 1. The number of hydrogen-bond donors (Lipinski definition) is 1. The zero-order chi connectivity index (χ0) is 16.5. The molecule has 1 aliphatic heterocycles. The molecular formula is C18H25N3O2. The highest BCUT2D eigenvalue weighted by Gasteiger charge is 2.17. The summed E-state index contributed by atoms with van der Waals surface area (Å²) in [6, 6.07) is 9.58. The number of rotatable bonds is 7. The summed E-state index contributed by atoms with van der Waals surface area (Å²) in [6.45, 7) is 5.72. The van der Waals surface area contributed by atoms with Crippen LogP contribution in [0.25, 0.3) is 0 Å². The molecule has 0 atom stereocenters. The van der Waals surface area contributed by atoms with Crippen LogP contribution in [0.1, 0.15) is 25.3 Å². The first kappa shape index (κ1) is 17.3. The van der Waals surface area contributed by atoms with Gasteiger partial charge in [0, 0.05) is 0 Å². The van der Waals surface area contributed by atoms with Crippen molar-refractivity contribution in [2.24, 2.45) is 5.92 Å². The van der Waals surface area contributed by atoms with E-state index in [1.165, 1.54) is 12.8 Å². The van der Waals surface area contributed by atoms with Crippen LogP contribution in [0.2, 0.25) is 0 Å². The van der Waals surface area contributed by atoms with Crippen molar-refractivity contribution in [3.63, 3.8) is 0 Å². The highest BCUT2D eigenvalue weighted by atomic mass is 16.5. The SMILES string of the molecule is CC1CCN(CC(=O)NCCOc2ccc(CC#N)cc2)CC1. The maximum atomic E-state index is 11.9. The molecule has 23 heavy (non-hydrogen) atoms. The Balaban J connectivity index is 1.59. The highest BCUT2D eigenvalue weighted by molar-refractivity contribution is 5.78. The second kappa shape index (κ2) is 9.16. The van der Waals surface area contributed by atoms with Gasteiger partial charge >= 0.3 is 0 Å². The molecule has 5 heteroatoms. The van der Waals surface area contributed by atoms with E-state index in [4.69, 9.17) is 10.00 Å². The molecule has 0 saturated carbocycles. The number of hydrogen-bond acceptors (Lipinski definition) is 4. The van der Waals surface area contributed by atoms with Gasteiger partial charge in [-0.1, -0.05) is 19.1 Å². The minimum atomic E-state index is 0.0625. The smallest absolute Gasteiger partial charge is 0.234 e. The minimum absolute atomic E-state index is 0.0625. The van der Waals surface area contributed by atoms with Gasteiger partial charge < -0.3 is 10.1 Å². The zero-order valence-corrected chi connectivity index (χ0v) is 13.8. The molecule has 1 amide bonds. The Morgan fingerprint density at radius 1 is 1.35 bits per heavy atom. The van der Waals surface area contributed by atoms with Crippen LogP contribution in [-0.4, -0.2) is 43.6 Å². The monoisotopic (exact) mass is 315 g/mol. The number of carbonyl (C=O) groups excluding carboxylic acids is 1. The summed E-state index contributed by atoms with van der Waals surface area (Å²) in [5.74, 6) is 1.60. The molecule has 1 N–H and O–H groups in total. The average Bonchev–Trinajstić information content (AvgIpc) is 2.55. The van der Waals surface area contributed by atoms with Gasteiger partial charge in [-0.25, -0.2) is 0 Å². The Hall–Kier alpha value is -2.06. The molecule has 1 aromatic rings. The Bertz CT molecular complexity index is 528. The lowest BCUT2D eigenvalue weighted by molar-refractivity contribution is -0.122. The van der Waals surface area contributed by atoms with Crippen molar-refractivity contribution in [2.75, 3.05) is 32.8 Å². The first-order chi connectivity index (χ1) is 11.2. The Labute approximate surface area is 138 Å². The normalized spacial score (nSPS) is 15.8. The van der Waals surface area contributed by atoms with Crippen LogP contribution in [0.15, 0.2) is 24.3 Å². The number of nitriles is 1. The summed E-state index contributed by atoms with van der Waals surface area (Å²) >= 11 is 0. The minimum Gasteiger partial charge on any atom is -0.492 e. The molecule has 0 spiro atoms. The predicted octanol–water partition coefficient (Wildman–Crippen LogP) is 1.98. The maximum absolute atomic E-state index is 11.9. The largest absolute Gasteiger partial charge is 0.492 e. The summed E-state index contributed by atoms with van der Waals surface area (Å²) in [5.41, 5.74) is 0.976. The summed E-state index contributed by atoms with van der Waals surface area (Å²) in [4.78, 5) is 14.1. The van der Waals surface area contributed by atoms with E-state index in [-0.39, 0.29) is 5.91 Å². The number of nitrogens with one attached hydrogen (secondary N) is 1. The lowest BCUT2D eigenvalue weighted by atomic mass is 9.99. The van der Waals surface area contributed by atoms with Crippen LogP contribution in [0.5, 0.6) is 5.75 Å². The summed E-state index contributed by atoms with van der Waals surface area (Å²) < 4.78 is 5.58. The zero-order valence-electron chi connectivity index (χ0n) is 13.8. The molecule has 0 bridgehead atoms. The molecule has 1 fully saturated rings. The second-order valence-corrected chi connectivity index (χ2v) is 6.14. The fourth-order valence-corrected chi connectivity index (χ4v) is 2.63. The Kier molecular flexibility index (Phi) is 6.89. The first-order valence-electron chi connectivity index (χ1n) is 8.25. The van der Waals surface area contributed by atoms with Gasteiger partial charge in [-0.05, 0) is 49.5 Å². The van der Waals surface area contributed by atoms with Crippen molar-refractivity contribution in [2.45, 2.75) is 26.2 Å². The molecular weight excluding hydrogens is 290 g/mol. The molecule has 0 aromatic heterocycles. The Morgan fingerprint density at radius 3 is 2.70 bits per heavy atom. The van der Waals surface area contributed by atoms with Crippen LogP contribution in [-0.2, 0) is 11.2 Å². The number of likely N-dealkylation sites (tertiary alicyclic amines) is 1. The van der Waals surface area contributed by atoms with Crippen LogP contribution in [0.4, 0.5) is 0 Å². The third-order valence-electron chi connectivity index (χ3n) is 4.14. The average molecular weight is 315 g/mol. The second-order valence-electron chi connectivity index (χ2n) is 6.14. The van der Waals surface area contributed by atoms with Crippen molar-refractivity contribution < 1.29 is 9.53 Å². The fraction of sp³-hybridized carbons (Fsp3) is 0.556. The van der Waals surface area contributed by atoms with E-state index in [1.807, 2.05) is 24.3 Å². The number of benzene rings is 1. The molecule has 0 unspecified atom stereocenters. The molecule has 1 aromatic carbocycles. The van der Waals surface area contributed by atoms with Crippen molar-refractivity contribution in [3.8, 4) is 11.8 Å². The molecule has 1 aliphatic rings. The van der Waals surface area contributed by atoms with Crippen molar-refractivity contribution in [1.29, 1.82) is 5.26 Å².